The number of rotatable bonds is 5. The van der Waals surface area contributed by atoms with Crippen LogP contribution in [0.3, 0.4) is 0 Å². The largest absolute Gasteiger partial charge is 0.354 e. The number of sulfone groups is 1. The van der Waals surface area contributed by atoms with Crippen molar-refractivity contribution >= 4 is 21.6 Å². The molecule has 0 N–H and O–H groups in total. The predicted molar refractivity (Wildman–Crippen MR) is 102 cm³/mol. The maximum atomic E-state index is 12.8. The van der Waals surface area contributed by atoms with Crippen molar-refractivity contribution in [3.63, 3.8) is 0 Å². The Labute approximate surface area is 155 Å². The van der Waals surface area contributed by atoms with Crippen LogP contribution in [0, 0.1) is 0 Å². The van der Waals surface area contributed by atoms with Gasteiger partial charge in [0.15, 0.2) is 9.84 Å². The summed E-state index contributed by atoms with van der Waals surface area (Å²) in [4.78, 5) is 23.6. The van der Waals surface area contributed by atoms with Crippen LogP contribution in [0.25, 0.3) is 0 Å². The Kier molecular flexibility index (Phi) is 5.82. The molecular formula is C18H28N4O3S. The summed E-state index contributed by atoms with van der Waals surface area (Å²) in [7, 11) is -3.01. The Hall–Kier alpha value is -1.67. The van der Waals surface area contributed by atoms with Gasteiger partial charge in [-0.25, -0.2) is 13.4 Å². The fourth-order valence-electron chi connectivity index (χ4n) is 3.75. The number of nitrogens with zero attached hydrogens (tertiary/aromatic N) is 4. The van der Waals surface area contributed by atoms with E-state index in [0.717, 1.165) is 38.5 Å². The van der Waals surface area contributed by atoms with Crippen molar-refractivity contribution in [1.29, 1.82) is 0 Å². The van der Waals surface area contributed by atoms with Gasteiger partial charge in [-0.15, -0.1) is 0 Å². The Morgan fingerprint density at radius 3 is 2.46 bits per heavy atom. The molecule has 2 fully saturated rings. The molecule has 2 aliphatic rings. The molecule has 0 radical (unpaired) electrons. The van der Waals surface area contributed by atoms with Crippen LogP contribution in [0.2, 0.25) is 0 Å². The van der Waals surface area contributed by atoms with Crippen molar-refractivity contribution in [2.75, 3.05) is 55.7 Å². The van der Waals surface area contributed by atoms with Crippen LogP contribution in [0.15, 0.2) is 18.3 Å². The van der Waals surface area contributed by atoms with Gasteiger partial charge >= 0.3 is 0 Å². The van der Waals surface area contributed by atoms with Crippen LogP contribution in [-0.4, -0.2) is 85.9 Å². The summed E-state index contributed by atoms with van der Waals surface area (Å²) in [5, 5.41) is 0. The highest BCUT2D eigenvalue weighted by molar-refractivity contribution is 7.91. The van der Waals surface area contributed by atoms with Gasteiger partial charge in [0.1, 0.15) is 5.82 Å². The second-order valence-electron chi connectivity index (χ2n) is 6.97. The standard InChI is InChI=1S/C18H28N4O3S/c1-3-20-8-10-21(11-9-20)17-6-5-15(13-19-17)18(23)22(4-2)16-7-12-26(24,25)14-16/h5-6,13,16H,3-4,7-12,14H2,1-2H3. The number of pyridine rings is 1. The number of aromatic nitrogens is 1. The summed E-state index contributed by atoms with van der Waals surface area (Å²) in [6.07, 6.45) is 2.14. The molecule has 1 aromatic heterocycles. The number of carbonyl (C=O) groups excluding carboxylic acids is 1. The lowest BCUT2D eigenvalue weighted by Crippen LogP contribution is -2.46. The Morgan fingerprint density at radius 2 is 1.96 bits per heavy atom. The number of carbonyl (C=O) groups is 1. The number of amides is 1. The third kappa shape index (κ3) is 4.17. The predicted octanol–water partition coefficient (Wildman–Crippen LogP) is 0.873. The molecule has 1 aromatic rings. The molecular weight excluding hydrogens is 352 g/mol. The third-order valence-electron chi connectivity index (χ3n) is 5.39. The number of likely N-dealkylation sites (N-methyl/N-ethyl adjacent to an activating group) is 1. The minimum atomic E-state index is -3.01. The molecule has 2 saturated heterocycles. The number of hydrogen-bond donors (Lipinski definition) is 0. The van der Waals surface area contributed by atoms with Gasteiger partial charge in [0.25, 0.3) is 5.91 Å². The summed E-state index contributed by atoms with van der Waals surface area (Å²) < 4.78 is 23.5. The maximum absolute atomic E-state index is 12.8. The highest BCUT2D eigenvalue weighted by atomic mass is 32.2. The zero-order valence-corrected chi connectivity index (χ0v) is 16.4. The van der Waals surface area contributed by atoms with E-state index in [4.69, 9.17) is 0 Å². The van der Waals surface area contributed by atoms with E-state index in [-0.39, 0.29) is 23.5 Å². The van der Waals surface area contributed by atoms with E-state index in [1.807, 2.05) is 19.1 Å². The molecule has 1 amide bonds. The summed E-state index contributed by atoms with van der Waals surface area (Å²) in [5.74, 6) is 0.996. The monoisotopic (exact) mass is 380 g/mol. The lowest BCUT2D eigenvalue weighted by Gasteiger charge is -2.34. The summed E-state index contributed by atoms with van der Waals surface area (Å²) in [5.41, 5.74) is 0.520. The second-order valence-corrected chi connectivity index (χ2v) is 9.20. The number of hydrogen-bond acceptors (Lipinski definition) is 6. The Balaban J connectivity index is 1.66. The van der Waals surface area contributed by atoms with E-state index in [0.29, 0.717) is 18.5 Å². The zero-order chi connectivity index (χ0) is 18.7. The quantitative estimate of drug-likeness (QED) is 0.755. The van der Waals surface area contributed by atoms with E-state index in [9.17, 15) is 13.2 Å². The molecule has 8 heteroatoms. The van der Waals surface area contributed by atoms with Crippen molar-refractivity contribution in [3.05, 3.63) is 23.9 Å². The number of anilines is 1. The molecule has 1 unspecified atom stereocenters. The first kappa shape index (κ1) is 19.1. The molecule has 0 bridgehead atoms. The molecule has 2 aliphatic heterocycles. The van der Waals surface area contributed by atoms with E-state index < -0.39 is 9.84 Å². The summed E-state index contributed by atoms with van der Waals surface area (Å²) >= 11 is 0. The summed E-state index contributed by atoms with van der Waals surface area (Å²) in [6.45, 7) is 9.56. The van der Waals surface area contributed by atoms with E-state index in [2.05, 4.69) is 21.7 Å². The fraction of sp³-hybridized carbons (Fsp3) is 0.667. The molecule has 0 saturated carbocycles. The molecule has 0 spiro atoms. The van der Waals surface area contributed by atoms with Crippen LogP contribution in [0.5, 0.6) is 0 Å². The molecule has 0 aliphatic carbocycles. The van der Waals surface area contributed by atoms with E-state index in [1.165, 1.54) is 0 Å². The Morgan fingerprint density at radius 1 is 1.23 bits per heavy atom. The van der Waals surface area contributed by atoms with Gasteiger partial charge < -0.3 is 14.7 Å². The first-order valence-electron chi connectivity index (χ1n) is 9.38. The Bertz CT molecular complexity index is 727. The van der Waals surface area contributed by atoms with Crippen LogP contribution in [-0.2, 0) is 9.84 Å². The lowest BCUT2D eigenvalue weighted by molar-refractivity contribution is 0.0708. The lowest BCUT2D eigenvalue weighted by atomic mass is 10.1. The minimum absolute atomic E-state index is 0.0692. The van der Waals surface area contributed by atoms with Gasteiger partial charge in [0.2, 0.25) is 0 Å². The highest BCUT2D eigenvalue weighted by Crippen LogP contribution is 2.21. The van der Waals surface area contributed by atoms with Gasteiger partial charge in [-0.3, -0.25) is 4.79 Å². The van der Waals surface area contributed by atoms with Gasteiger partial charge in [-0.2, -0.15) is 0 Å². The molecule has 7 nitrogen and oxygen atoms in total. The summed E-state index contributed by atoms with van der Waals surface area (Å²) in [6, 6.07) is 3.48. The average Bonchev–Trinajstić information content (AvgIpc) is 3.02. The first-order valence-corrected chi connectivity index (χ1v) is 11.2. The van der Waals surface area contributed by atoms with E-state index in [1.54, 1.807) is 11.1 Å². The van der Waals surface area contributed by atoms with E-state index >= 15 is 0 Å². The van der Waals surface area contributed by atoms with Gasteiger partial charge in [-0.1, -0.05) is 6.92 Å². The van der Waals surface area contributed by atoms with Crippen molar-refractivity contribution < 1.29 is 13.2 Å². The molecule has 3 heterocycles. The van der Waals surface area contributed by atoms with Crippen LogP contribution < -0.4 is 4.90 Å². The molecule has 144 valence electrons. The van der Waals surface area contributed by atoms with Gasteiger partial charge in [0, 0.05) is 45.0 Å². The first-order chi connectivity index (χ1) is 12.4. The third-order valence-corrected chi connectivity index (χ3v) is 7.14. The molecule has 1 atom stereocenters. The van der Waals surface area contributed by atoms with Crippen LogP contribution in [0.4, 0.5) is 5.82 Å². The molecule has 0 aromatic carbocycles. The SMILES string of the molecule is CCN1CCN(c2ccc(C(=O)N(CC)C3CCS(=O)(=O)C3)cn2)CC1. The minimum Gasteiger partial charge on any atom is -0.354 e. The maximum Gasteiger partial charge on any atom is 0.255 e. The van der Waals surface area contributed by atoms with Crippen LogP contribution in [0.1, 0.15) is 30.6 Å². The average molecular weight is 381 g/mol. The smallest absolute Gasteiger partial charge is 0.255 e. The molecule has 3 rings (SSSR count). The number of piperazine rings is 1. The van der Waals surface area contributed by atoms with Crippen molar-refractivity contribution in [1.82, 2.24) is 14.8 Å². The van der Waals surface area contributed by atoms with Crippen LogP contribution >= 0.6 is 0 Å². The molecule has 26 heavy (non-hydrogen) atoms. The van der Waals surface area contributed by atoms with Gasteiger partial charge in [-0.05, 0) is 32.0 Å². The topological polar surface area (TPSA) is 73.8 Å². The van der Waals surface area contributed by atoms with Crippen molar-refractivity contribution in [3.8, 4) is 0 Å². The normalized spacial score (nSPS) is 23.2. The van der Waals surface area contributed by atoms with Crippen molar-refractivity contribution in [2.24, 2.45) is 0 Å². The highest BCUT2D eigenvalue weighted by Gasteiger charge is 2.34. The fourth-order valence-corrected chi connectivity index (χ4v) is 5.48. The van der Waals surface area contributed by atoms with Crippen molar-refractivity contribution in [2.45, 2.75) is 26.3 Å². The zero-order valence-electron chi connectivity index (χ0n) is 15.6. The second kappa shape index (κ2) is 7.92. The van der Waals surface area contributed by atoms with Gasteiger partial charge in [0.05, 0.1) is 17.1 Å².